The lowest BCUT2D eigenvalue weighted by Crippen LogP contribution is -2.36. The Labute approximate surface area is 110 Å². The van der Waals surface area contributed by atoms with Gasteiger partial charge in [-0.3, -0.25) is 9.78 Å². The van der Waals surface area contributed by atoms with E-state index in [1.807, 2.05) is 17.0 Å². The van der Waals surface area contributed by atoms with E-state index < -0.39 is 0 Å². The fourth-order valence-electron chi connectivity index (χ4n) is 1.89. The third-order valence-corrected chi connectivity index (χ3v) is 3.30. The Hall–Kier alpha value is -0.940. The van der Waals surface area contributed by atoms with E-state index in [0.717, 1.165) is 36.1 Å². The van der Waals surface area contributed by atoms with Gasteiger partial charge in [-0.1, -0.05) is 0 Å². The van der Waals surface area contributed by atoms with Gasteiger partial charge in [0.05, 0.1) is 12.2 Å². The summed E-state index contributed by atoms with van der Waals surface area (Å²) in [6, 6.07) is 3.89. The smallest absolute Gasteiger partial charge is 0.236 e. The topological polar surface area (TPSA) is 45.2 Å². The van der Waals surface area contributed by atoms with Crippen molar-refractivity contribution in [3.05, 3.63) is 28.5 Å². The van der Waals surface area contributed by atoms with E-state index in [9.17, 15) is 4.79 Å². The van der Waals surface area contributed by atoms with E-state index in [0.29, 0.717) is 13.1 Å². The average molecular weight is 298 g/mol. The maximum absolute atomic E-state index is 11.7. The van der Waals surface area contributed by atoms with Gasteiger partial charge in [0.2, 0.25) is 5.91 Å². The molecule has 1 aliphatic heterocycles. The second-order valence-electron chi connectivity index (χ2n) is 4.16. The zero-order valence-electron chi connectivity index (χ0n) is 9.66. The maximum atomic E-state index is 11.7. The minimum atomic E-state index is 0.194. The number of aromatic nitrogens is 1. The molecule has 2 rings (SSSR count). The van der Waals surface area contributed by atoms with Gasteiger partial charge >= 0.3 is 0 Å². The fourth-order valence-corrected chi connectivity index (χ4v) is 2.12. The molecule has 2 heterocycles. The molecule has 0 spiro atoms. The number of halogens is 1. The Balaban J connectivity index is 1.72. The standard InChI is InChI=1S/C12H16BrN3O/c13-10-3-4-11(15-7-10)8-14-9-12(17)16-5-1-2-6-16/h3-4,7,14H,1-2,5-6,8-9H2. The lowest BCUT2D eigenvalue weighted by Gasteiger charge is -2.15. The number of hydrogen-bond donors (Lipinski definition) is 1. The molecule has 1 saturated heterocycles. The number of nitrogens with one attached hydrogen (secondary N) is 1. The van der Waals surface area contributed by atoms with Gasteiger partial charge in [0.1, 0.15) is 0 Å². The molecule has 0 aromatic carbocycles. The number of nitrogens with zero attached hydrogens (tertiary/aromatic N) is 2. The van der Waals surface area contributed by atoms with Crippen molar-refractivity contribution < 1.29 is 4.79 Å². The molecule has 1 aromatic rings. The second kappa shape index (κ2) is 6.12. The van der Waals surface area contributed by atoms with E-state index in [4.69, 9.17) is 0 Å². The first-order valence-electron chi connectivity index (χ1n) is 5.84. The molecule has 1 amide bonds. The highest BCUT2D eigenvalue weighted by molar-refractivity contribution is 9.10. The molecule has 92 valence electrons. The Kier molecular flexibility index (Phi) is 4.50. The van der Waals surface area contributed by atoms with E-state index in [-0.39, 0.29) is 5.91 Å². The predicted octanol–water partition coefficient (Wildman–Crippen LogP) is 1.56. The highest BCUT2D eigenvalue weighted by Gasteiger charge is 2.16. The molecule has 5 heteroatoms. The van der Waals surface area contributed by atoms with E-state index in [1.165, 1.54) is 0 Å². The van der Waals surface area contributed by atoms with Crippen molar-refractivity contribution in [2.75, 3.05) is 19.6 Å². The molecule has 0 unspecified atom stereocenters. The van der Waals surface area contributed by atoms with Crippen LogP contribution in [-0.2, 0) is 11.3 Å². The second-order valence-corrected chi connectivity index (χ2v) is 5.07. The van der Waals surface area contributed by atoms with Crippen LogP contribution in [0, 0.1) is 0 Å². The van der Waals surface area contributed by atoms with Crippen molar-refractivity contribution >= 4 is 21.8 Å². The molecule has 0 bridgehead atoms. The molecular weight excluding hydrogens is 282 g/mol. The molecular formula is C12H16BrN3O. The predicted molar refractivity (Wildman–Crippen MR) is 69.5 cm³/mol. The van der Waals surface area contributed by atoms with Crippen LogP contribution in [0.1, 0.15) is 18.5 Å². The van der Waals surface area contributed by atoms with Crippen LogP contribution in [-0.4, -0.2) is 35.4 Å². The van der Waals surface area contributed by atoms with Crippen molar-refractivity contribution in [2.24, 2.45) is 0 Å². The summed E-state index contributed by atoms with van der Waals surface area (Å²) in [5, 5.41) is 3.13. The number of carbonyl (C=O) groups is 1. The molecule has 4 nitrogen and oxygen atoms in total. The number of likely N-dealkylation sites (tertiary alicyclic amines) is 1. The number of carbonyl (C=O) groups excluding carboxylic acids is 1. The van der Waals surface area contributed by atoms with Crippen molar-refractivity contribution in [3.8, 4) is 0 Å². The molecule has 0 atom stereocenters. The van der Waals surface area contributed by atoms with Crippen molar-refractivity contribution in [1.82, 2.24) is 15.2 Å². The van der Waals surface area contributed by atoms with Gasteiger partial charge in [-0.2, -0.15) is 0 Å². The van der Waals surface area contributed by atoms with E-state index in [1.54, 1.807) is 6.20 Å². The normalized spacial score (nSPS) is 15.2. The largest absolute Gasteiger partial charge is 0.342 e. The number of hydrogen-bond acceptors (Lipinski definition) is 3. The van der Waals surface area contributed by atoms with E-state index >= 15 is 0 Å². The summed E-state index contributed by atoms with van der Waals surface area (Å²) in [5.74, 6) is 0.194. The summed E-state index contributed by atoms with van der Waals surface area (Å²) in [4.78, 5) is 17.9. The van der Waals surface area contributed by atoms with Crippen LogP contribution in [0.3, 0.4) is 0 Å². The molecule has 1 N–H and O–H groups in total. The van der Waals surface area contributed by atoms with Gasteiger partial charge < -0.3 is 10.2 Å². The lowest BCUT2D eigenvalue weighted by atomic mass is 10.3. The molecule has 0 radical (unpaired) electrons. The highest BCUT2D eigenvalue weighted by atomic mass is 79.9. The van der Waals surface area contributed by atoms with Gasteiger partial charge in [0.25, 0.3) is 0 Å². The number of amides is 1. The Bertz CT molecular complexity index is 374. The van der Waals surface area contributed by atoms with Crippen LogP contribution < -0.4 is 5.32 Å². The summed E-state index contributed by atoms with van der Waals surface area (Å²) in [7, 11) is 0. The summed E-state index contributed by atoms with van der Waals surface area (Å²) >= 11 is 3.34. The van der Waals surface area contributed by atoms with E-state index in [2.05, 4.69) is 26.2 Å². The van der Waals surface area contributed by atoms with Gasteiger partial charge in [-0.15, -0.1) is 0 Å². The minimum Gasteiger partial charge on any atom is -0.342 e. The summed E-state index contributed by atoms with van der Waals surface area (Å²) in [6.45, 7) is 2.86. The minimum absolute atomic E-state index is 0.194. The molecule has 0 saturated carbocycles. The number of pyridine rings is 1. The van der Waals surface area contributed by atoms with Crippen LogP contribution in [0.2, 0.25) is 0 Å². The van der Waals surface area contributed by atoms with Crippen molar-refractivity contribution in [2.45, 2.75) is 19.4 Å². The lowest BCUT2D eigenvalue weighted by molar-refractivity contribution is -0.129. The zero-order chi connectivity index (χ0) is 12.1. The number of rotatable bonds is 4. The van der Waals surface area contributed by atoms with Crippen LogP contribution in [0.5, 0.6) is 0 Å². The first kappa shape index (κ1) is 12.5. The third-order valence-electron chi connectivity index (χ3n) is 2.83. The van der Waals surface area contributed by atoms with Crippen LogP contribution >= 0.6 is 15.9 Å². The SMILES string of the molecule is O=C(CNCc1ccc(Br)cn1)N1CCCC1. The molecule has 1 aromatic heterocycles. The Morgan fingerprint density at radius 3 is 2.82 bits per heavy atom. The third kappa shape index (κ3) is 3.78. The molecule has 0 aliphatic carbocycles. The Morgan fingerprint density at radius 1 is 1.41 bits per heavy atom. The summed E-state index contributed by atoms with van der Waals surface area (Å²) < 4.78 is 0.967. The van der Waals surface area contributed by atoms with Crippen LogP contribution in [0.15, 0.2) is 22.8 Å². The quantitative estimate of drug-likeness (QED) is 0.917. The van der Waals surface area contributed by atoms with Gasteiger partial charge in [0, 0.05) is 30.3 Å². The summed E-state index contributed by atoms with van der Waals surface area (Å²) in [6.07, 6.45) is 4.04. The molecule has 17 heavy (non-hydrogen) atoms. The van der Waals surface area contributed by atoms with Gasteiger partial charge in [-0.05, 0) is 40.9 Å². The van der Waals surface area contributed by atoms with Crippen LogP contribution in [0.25, 0.3) is 0 Å². The zero-order valence-corrected chi connectivity index (χ0v) is 11.2. The maximum Gasteiger partial charge on any atom is 0.236 e. The van der Waals surface area contributed by atoms with Crippen LogP contribution in [0.4, 0.5) is 0 Å². The molecule has 1 fully saturated rings. The fraction of sp³-hybridized carbons (Fsp3) is 0.500. The monoisotopic (exact) mass is 297 g/mol. The van der Waals surface area contributed by atoms with Crippen molar-refractivity contribution in [3.63, 3.8) is 0 Å². The first-order chi connectivity index (χ1) is 8.25. The first-order valence-corrected chi connectivity index (χ1v) is 6.64. The highest BCUT2D eigenvalue weighted by Crippen LogP contribution is 2.08. The van der Waals surface area contributed by atoms with Crippen molar-refractivity contribution in [1.29, 1.82) is 0 Å². The Morgan fingerprint density at radius 2 is 2.18 bits per heavy atom. The molecule has 1 aliphatic rings. The van der Waals surface area contributed by atoms with Gasteiger partial charge in [0.15, 0.2) is 0 Å². The summed E-state index contributed by atoms with van der Waals surface area (Å²) in [5.41, 5.74) is 0.947. The van der Waals surface area contributed by atoms with Gasteiger partial charge in [-0.25, -0.2) is 0 Å². The average Bonchev–Trinajstić information content (AvgIpc) is 2.85.